The SMILES string of the molecule is COP(=O)(O)OCCCC1CCCC2C(CCC/C=C/COCCOCCC(=O)N3CCC(C(=O)NC(COCCC(=O)NCCCCCCOC4OC(CO)C(O)C(O)C4NC(C)=O)(COCCC(=O)NCCCCCCOC4OC(CO)C(O)C(O)C4NC(C)=O)COCCC(=O)NCCCCCCOC4OC(CO)C(O)C(O)C4NC(C)=O)CC3)=NNC(C)=C2CC1. The van der Waals surface area contributed by atoms with Crippen molar-refractivity contribution < 1.29 is 155 Å². The summed E-state index contributed by atoms with van der Waals surface area (Å²) in [7, 11) is -2.81. The average Bonchev–Trinajstić information content (AvgIpc) is 0.813. The first-order valence-corrected chi connectivity index (χ1v) is 48.0. The molecule has 0 bridgehead atoms. The van der Waals surface area contributed by atoms with Gasteiger partial charge < -0.3 is 145 Å². The van der Waals surface area contributed by atoms with Gasteiger partial charge in [0.2, 0.25) is 47.3 Å². The summed E-state index contributed by atoms with van der Waals surface area (Å²) in [4.78, 5) is 115. The number of hydrogen-bond acceptors (Lipinski definition) is 33. The molecule has 5 heterocycles. The lowest BCUT2D eigenvalue weighted by Crippen LogP contribution is -2.64. The highest BCUT2D eigenvalue weighted by atomic mass is 31.2. The molecular weight excluding hydrogens is 1730 g/mol. The Kier molecular flexibility index (Phi) is 55.0. The van der Waals surface area contributed by atoms with Crippen molar-refractivity contribution in [2.45, 2.75) is 305 Å². The number of unbranched alkanes of at least 4 members (excludes halogenated alkanes) is 10. The molecule has 0 radical (unpaired) electrons. The lowest BCUT2D eigenvalue weighted by atomic mass is 9.77. The van der Waals surface area contributed by atoms with E-state index in [0.29, 0.717) is 141 Å². The number of fused-ring (bicyclic) bond motifs is 1. The number of allylic oxidation sites excluding steroid dienone is 3. The van der Waals surface area contributed by atoms with E-state index in [2.05, 4.69) is 60.2 Å². The number of carbonyl (C=O) groups is 8. The molecule has 0 spiro atoms. The number of phosphoric acid groups is 1. The summed E-state index contributed by atoms with van der Waals surface area (Å²) in [6.45, 7) is 6.52. The molecule has 6 rings (SSSR count). The van der Waals surface area contributed by atoms with Gasteiger partial charge in [-0.05, 0) is 121 Å². The molecule has 18 atom stereocenters. The predicted octanol–water partition coefficient (Wildman–Crippen LogP) is 0.334. The average molecular weight is 1880 g/mol. The van der Waals surface area contributed by atoms with Crippen LogP contribution in [0.4, 0.5) is 0 Å². The summed E-state index contributed by atoms with van der Waals surface area (Å²) in [5.74, 6) is -2.62. The number of piperidine rings is 1. The minimum atomic E-state index is -3.97. The summed E-state index contributed by atoms with van der Waals surface area (Å²) in [6.07, 6.45) is 6.38. The normalized spacial score (nSPS) is 26.6. The van der Waals surface area contributed by atoms with Crippen LogP contribution < -0.4 is 42.6 Å². The zero-order valence-electron chi connectivity index (χ0n) is 76.7. The lowest BCUT2D eigenvalue weighted by Gasteiger charge is -2.42. The van der Waals surface area contributed by atoms with Gasteiger partial charge in [0.1, 0.15) is 78.6 Å². The molecule has 5 fully saturated rings. The number of carbonyl (C=O) groups excluding carboxylic acids is 8. The number of rotatable bonds is 65. The maximum absolute atomic E-state index is 14.7. The van der Waals surface area contributed by atoms with Gasteiger partial charge in [0.15, 0.2) is 18.9 Å². The number of phosphoric ester groups is 1. The highest BCUT2D eigenvalue weighted by Gasteiger charge is 2.49. The highest BCUT2D eigenvalue weighted by Crippen LogP contribution is 2.43. The standard InChI is InChI=1S/C87H153N10O32P/c1-58-64-29-28-62(25-23-45-126-130(115,116)117-5)24-22-26-65(64)66(96-95-58)27-14-6-10-18-41-118-50-51-119-49-35-73(107)97-39-30-63(31-40-97)83(114)94-87(55-120-46-32-70(104)88-36-15-7-11-19-42-123-84-74(91-59(2)101)80(111)77(108)67(52-98)127-84,56-121-47-33-71(105)89-37-16-8-12-20-43-124-85-75(92-60(3)102)81(112)78(109)68(53-99)128-85)57-122-48-34-72(106)90-38-17-9-13-21-44-125-86-76(93-61(4)103)82(113)79(110)69(54-100)129-86/h10,18,62-63,65,67-69,74-82,84-86,95,98-100,108-113H,6-9,11-17,19-57H2,1-5H3,(H,88,104)(H,89,105)(H,90,106)(H,91,101)(H,92,102)(H,93,103)(H,94,114)(H,115,116)/b18-10+. The number of hydrogen-bond donors (Lipinski definition) is 18. The number of amides is 8. The van der Waals surface area contributed by atoms with Crippen LogP contribution in [0.25, 0.3) is 0 Å². The van der Waals surface area contributed by atoms with Crippen LogP contribution in [0, 0.1) is 17.8 Å². The molecule has 6 aliphatic rings. The molecule has 748 valence electrons. The van der Waals surface area contributed by atoms with Crippen molar-refractivity contribution in [3.63, 3.8) is 0 Å². The zero-order chi connectivity index (χ0) is 94.6. The summed E-state index contributed by atoms with van der Waals surface area (Å²) in [6, 6.07) is -3.20. The monoisotopic (exact) mass is 1880 g/mol. The van der Waals surface area contributed by atoms with Crippen LogP contribution >= 0.6 is 7.82 Å². The third kappa shape index (κ3) is 42.1. The Balaban J connectivity index is 0.984. The van der Waals surface area contributed by atoms with E-state index in [1.165, 1.54) is 32.1 Å². The van der Waals surface area contributed by atoms with Crippen molar-refractivity contribution in [1.29, 1.82) is 0 Å². The summed E-state index contributed by atoms with van der Waals surface area (Å²) in [5.41, 5.74) is 5.56. The fourth-order valence-corrected chi connectivity index (χ4v) is 16.9. The van der Waals surface area contributed by atoms with Gasteiger partial charge in [-0.15, -0.1) is 0 Å². The molecule has 5 aliphatic heterocycles. The molecule has 8 amide bonds. The van der Waals surface area contributed by atoms with Crippen molar-refractivity contribution in [1.82, 2.24) is 47.5 Å². The van der Waals surface area contributed by atoms with E-state index in [1.807, 2.05) is 6.08 Å². The first-order chi connectivity index (χ1) is 62.5. The second kappa shape index (κ2) is 63.4. The second-order valence-corrected chi connectivity index (χ2v) is 35.8. The van der Waals surface area contributed by atoms with Crippen molar-refractivity contribution >= 4 is 60.8 Å². The Labute approximate surface area is 763 Å². The van der Waals surface area contributed by atoms with E-state index >= 15 is 0 Å². The van der Waals surface area contributed by atoms with E-state index in [1.54, 1.807) is 4.90 Å². The van der Waals surface area contributed by atoms with Gasteiger partial charge >= 0.3 is 7.82 Å². The smallest absolute Gasteiger partial charge is 0.394 e. The van der Waals surface area contributed by atoms with E-state index in [4.69, 9.17) is 61.7 Å². The fraction of sp³-hybridized carbons (Fsp3) is 0.851. The van der Waals surface area contributed by atoms with Gasteiger partial charge in [0, 0.05) is 123 Å². The molecule has 1 aliphatic carbocycles. The Morgan fingerprint density at radius 3 is 1.39 bits per heavy atom. The molecule has 0 aromatic heterocycles. The molecule has 43 heteroatoms. The van der Waals surface area contributed by atoms with Crippen molar-refractivity contribution in [3.05, 3.63) is 23.4 Å². The molecule has 1 saturated carbocycles. The summed E-state index contributed by atoms with van der Waals surface area (Å²) >= 11 is 0. The number of aliphatic hydroxyl groups excluding tert-OH is 9. The minimum Gasteiger partial charge on any atom is -0.394 e. The number of hydrazone groups is 1. The zero-order valence-corrected chi connectivity index (χ0v) is 77.6. The van der Waals surface area contributed by atoms with Crippen LogP contribution in [-0.4, -0.2) is 358 Å². The lowest BCUT2D eigenvalue weighted by molar-refractivity contribution is -0.270. The van der Waals surface area contributed by atoms with Crippen LogP contribution in [0.3, 0.4) is 0 Å². The van der Waals surface area contributed by atoms with Crippen LogP contribution in [-0.2, 0) is 104 Å². The van der Waals surface area contributed by atoms with Crippen molar-refractivity contribution in [2.24, 2.45) is 22.9 Å². The van der Waals surface area contributed by atoms with E-state index in [-0.39, 0.29) is 148 Å². The molecule has 42 nitrogen and oxygen atoms in total. The van der Waals surface area contributed by atoms with Gasteiger partial charge in [0.25, 0.3) is 0 Å². The third-order valence-electron chi connectivity index (χ3n) is 23.8. The fourth-order valence-electron chi connectivity index (χ4n) is 16.4. The van der Waals surface area contributed by atoms with Gasteiger partial charge in [-0.25, -0.2) is 4.57 Å². The third-order valence-corrected chi connectivity index (χ3v) is 24.8. The molecule has 4 saturated heterocycles. The predicted molar refractivity (Wildman–Crippen MR) is 469 cm³/mol. The highest BCUT2D eigenvalue weighted by molar-refractivity contribution is 7.47. The number of aliphatic hydroxyl groups is 9. The molecule has 0 aromatic carbocycles. The molecular formula is C87H153N10O32P. The van der Waals surface area contributed by atoms with Crippen LogP contribution in [0.1, 0.15) is 207 Å². The Morgan fingerprint density at radius 1 is 0.515 bits per heavy atom. The van der Waals surface area contributed by atoms with Crippen LogP contribution in [0.15, 0.2) is 28.5 Å². The maximum Gasteiger partial charge on any atom is 0.471 e. The van der Waals surface area contributed by atoms with Crippen LogP contribution in [0.2, 0.25) is 0 Å². The van der Waals surface area contributed by atoms with E-state index < -0.39 is 149 Å². The quantitative estimate of drug-likeness (QED) is 0.0222. The molecule has 0 aromatic rings. The Hall–Kier alpha value is -5.98. The number of nitrogens with zero attached hydrogens (tertiary/aromatic N) is 2. The topological polar surface area (TPSA) is 588 Å². The van der Waals surface area contributed by atoms with Gasteiger partial charge in [-0.2, -0.15) is 5.10 Å². The van der Waals surface area contributed by atoms with Crippen molar-refractivity contribution in [3.8, 4) is 0 Å². The molecule has 130 heavy (non-hydrogen) atoms. The molecule has 18 unspecified atom stereocenters. The Bertz CT molecular complexity index is 3240. The number of nitrogens with one attached hydrogen (secondary N) is 8. The van der Waals surface area contributed by atoms with Gasteiger partial charge in [-0.1, -0.05) is 63.5 Å². The first-order valence-electron chi connectivity index (χ1n) is 46.6. The number of likely N-dealkylation sites (tertiary alicyclic amines) is 1. The maximum atomic E-state index is 14.7. The van der Waals surface area contributed by atoms with Crippen molar-refractivity contribution in [2.75, 3.05) is 152 Å². The summed E-state index contributed by atoms with van der Waals surface area (Å²) < 4.78 is 85.9. The van der Waals surface area contributed by atoms with Gasteiger partial charge in [0.05, 0.1) is 98.9 Å². The minimum absolute atomic E-state index is 0.0774. The Morgan fingerprint density at radius 2 is 0.954 bits per heavy atom. The van der Waals surface area contributed by atoms with Crippen LogP contribution in [0.5, 0.6) is 0 Å². The largest absolute Gasteiger partial charge is 0.471 e. The van der Waals surface area contributed by atoms with E-state index in [9.17, 15) is 93.8 Å². The number of ether oxygens (including phenoxy) is 11. The first kappa shape index (κ1) is 113. The summed E-state index contributed by atoms with van der Waals surface area (Å²) in [5, 5.41) is 116. The second-order valence-electron chi connectivity index (χ2n) is 34.2. The van der Waals surface area contributed by atoms with Gasteiger partial charge in [-0.3, -0.25) is 52.8 Å². The van der Waals surface area contributed by atoms with E-state index in [0.717, 1.165) is 70.6 Å². The molecule has 18 N–H and O–H groups in total.